The molecule has 6 nitrogen and oxygen atoms in total. The number of hydrogen-bond acceptors (Lipinski definition) is 4. The van der Waals surface area contributed by atoms with E-state index in [-0.39, 0.29) is 5.56 Å². The molecule has 1 aromatic carbocycles. The highest BCUT2D eigenvalue weighted by atomic mass is 19.1. The van der Waals surface area contributed by atoms with Gasteiger partial charge in [-0.05, 0) is 24.6 Å². The number of aliphatic hydroxyl groups excluding tert-OH is 1. The summed E-state index contributed by atoms with van der Waals surface area (Å²) in [5, 5.41) is 15.1. The van der Waals surface area contributed by atoms with Gasteiger partial charge in [-0.25, -0.2) is 4.39 Å². The Morgan fingerprint density at radius 3 is 2.77 bits per heavy atom. The van der Waals surface area contributed by atoms with Crippen LogP contribution in [0.5, 0.6) is 0 Å². The topological polar surface area (TPSA) is 94.2 Å². The quantitative estimate of drug-likeness (QED) is 0.631. The van der Waals surface area contributed by atoms with Gasteiger partial charge in [0.1, 0.15) is 17.6 Å². The predicted octanol–water partition coefficient (Wildman–Crippen LogP) is 1.56. The second-order valence-corrected chi connectivity index (χ2v) is 4.96. The number of fused-ring (bicyclic) bond motifs is 1. The van der Waals surface area contributed by atoms with E-state index < -0.39 is 23.5 Å². The molecule has 0 aliphatic heterocycles. The molecule has 0 aliphatic rings. The highest BCUT2D eigenvalue weighted by molar-refractivity contribution is 5.99. The number of aromatic amines is 1. The van der Waals surface area contributed by atoms with Crippen LogP contribution in [0.1, 0.15) is 30.1 Å². The second-order valence-electron chi connectivity index (χ2n) is 4.96. The fourth-order valence-corrected chi connectivity index (χ4v) is 2.22. The molecule has 0 fully saturated rings. The van der Waals surface area contributed by atoms with Crippen LogP contribution in [0.15, 0.2) is 23.0 Å². The molecule has 118 valence electrons. The van der Waals surface area contributed by atoms with Gasteiger partial charge in [0, 0.05) is 12.4 Å². The molecule has 0 bridgehead atoms. The summed E-state index contributed by atoms with van der Waals surface area (Å²) < 4.78 is 13.6. The number of aliphatic hydroxyl groups is 1. The number of amides is 1. The number of rotatable bonds is 5. The number of carbonyl (C=O) groups is 1. The van der Waals surface area contributed by atoms with Crippen LogP contribution in [-0.4, -0.2) is 29.3 Å². The zero-order chi connectivity index (χ0) is 16.3. The molecule has 0 radical (unpaired) electrons. The van der Waals surface area contributed by atoms with Crippen molar-refractivity contribution < 1.29 is 14.3 Å². The van der Waals surface area contributed by atoms with Crippen LogP contribution in [0.25, 0.3) is 10.9 Å². The van der Waals surface area contributed by atoms with Crippen LogP contribution in [0, 0.1) is 5.82 Å². The molecular weight excluding hydrogens is 289 g/mol. The summed E-state index contributed by atoms with van der Waals surface area (Å²) in [7, 11) is 1.61. The number of aromatic nitrogens is 1. The Morgan fingerprint density at radius 2 is 2.14 bits per heavy atom. The zero-order valence-electron chi connectivity index (χ0n) is 12.4. The van der Waals surface area contributed by atoms with Crippen molar-refractivity contribution in [1.29, 1.82) is 0 Å². The number of anilines is 1. The van der Waals surface area contributed by atoms with Crippen molar-refractivity contribution >= 4 is 22.5 Å². The third-order valence-corrected chi connectivity index (χ3v) is 3.29. The maximum Gasteiger partial charge on any atom is 0.261 e. The first-order valence-corrected chi connectivity index (χ1v) is 6.99. The average Bonchev–Trinajstić information content (AvgIpc) is 2.46. The fraction of sp³-hybridized carbons (Fsp3) is 0.333. The second kappa shape index (κ2) is 6.57. The van der Waals surface area contributed by atoms with Crippen molar-refractivity contribution in [3.05, 3.63) is 39.9 Å². The molecule has 0 spiro atoms. The largest absolute Gasteiger partial charge is 0.386 e. The number of hydrogen-bond donors (Lipinski definition) is 4. The highest BCUT2D eigenvalue weighted by Crippen LogP contribution is 2.22. The van der Waals surface area contributed by atoms with Gasteiger partial charge in [0.05, 0.1) is 11.2 Å². The monoisotopic (exact) mass is 307 g/mol. The van der Waals surface area contributed by atoms with Crippen molar-refractivity contribution in [2.24, 2.45) is 0 Å². The van der Waals surface area contributed by atoms with Crippen LogP contribution >= 0.6 is 0 Å². The average molecular weight is 307 g/mol. The standard InChI is InChI=1S/C15H18FN3O3/c1-3-4-12(20)18-14(21)10-6-8-5-9(16)7-11(17-2)13(8)19-15(10)22/h5-7,12,17,20H,3-4H2,1-2H3,(H,18,21)(H,19,22). The van der Waals surface area contributed by atoms with Crippen molar-refractivity contribution in [2.45, 2.75) is 26.0 Å². The third-order valence-electron chi connectivity index (χ3n) is 3.29. The summed E-state index contributed by atoms with van der Waals surface area (Å²) in [6, 6.07) is 3.79. The number of nitrogens with one attached hydrogen (secondary N) is 3. The van der Waals surface area contributed by atoms with Crippen LogP contribution in [0.2, 0.25) is 0 Å². The number of pyridine rings is 1. The Labute approximate surface area is 126 Å². The summed E-state index contributed by atoms with van der Waals surface area (Å²) in [5.74, 6) is -1.18. The Bertz CT molecular complexity index is 758. The molecule has 1 amide bonds. The van der Waals surface area contributed by atoms with Crippen LogP contribution in [-0.2, 0) is 0 Å². The lowest BCUT2D eigenvalue weighted by molar-refractivity contribution is 0.0762. The maximum absolute atomic E-state index is 13.6. The van der Waals surface area contributed by atoms with Gasteiger partial charge < -0.3 is 20.7 Å². The smallest absolute Gasteiger partial charge is 0.261 e. The molecule has 7 heteroatoms. The van der Waals surface area contributed by atoms with Crippen molar-refractivity contribution in [3.63, 3.8) is 0 Å². The van der Waals surface area contributed by atoms with E-state index in [1.165, 1.54) is 18.2 Å². The van der Waals surface area contributed by atoms with E-state index in [1.807, 2.05) is 6.92 Å². The van der Waals surface area contributed by atoms with Gasteiger partial charge in [-0.3, -0.25) is 9.59 Å². The minimum absolute atomic E-state index is 0.171. The van der Waals surface area contributed by atoms with Gasteiger partial charge in [-0.2, -0.15) is 0 Å². The molecule has 2 rings (SSSR count). The highest BCUT2D eigenvalue weighted by Gasteiger charge is 2.16. The third kappa shape index (κ3) is 3.25. The molecule has 0 aliphatic carbocycles. The molecule has 1 atom stereocenters. The van der Waals surface area contributed by atoms with Crippen molar-refractivity contribution in [2.75, 3.05) is 12.4 Å². The fourth-order valence-electron chi connectivity index (χ4n) is 2.22. The van der Waals surface area contributed by atoms with E-state index in [0.29, 0.717) is 29.4 Å². The lowest BCUT2D eigenvalue weighted by atomic mass is 10.1. The Hall–Kier alpha value is -2.41. The molecule has 22 heavy (non-hydrogen) atoms. The minimum atomic E-state index is -1.02. The molecule has 1 heterocycles. The van der Waals surface area contributed by atoms with E-state index in [4.69, 9.17) is 0 Å². The molecule has 0 saturated carbocycles. The summed E-state index contributed by atoms with van der Waals surface area (Å²) >= 11 is 0. The Morgan fingerprint density at radius 1 is 1.41 bits per heavy atom. The number of halogens is 1. The van der Waals surface area contributed by atoms with Crippen molar-refractivity contribution in [3.8, 4) is 0 Å². The van der Waals surface area contributed by atoms with Gasteiger partial charge in [0.2, 0.25) is 0 Å². The molecular formula is C15H18FN3O3. The lowest BCUT2D eigenvalue weighted by Gasteiger charge is -2.12. The van der Waals surface area contributed by atoms with Crippen molar-refractivity contribution in [1.82, 2.24) is 10.3 Å². The normalized spacial score (nSPS) is 12.2. The first-order valence-electron chi connectivity index (χ1n) is 6.99. The van der Waals surface area contributed by atoms with E-state index in [2.05, 4.69) is 15.6 Å². The first kappa shape index (κ1) is 16.0. The number of benzene rings is 1. The van der Waals surface area contributed by atoms with E-state index in [1.54, 1.807) is 7.05 Å². The maximum atomic E-state index is 13.6. The van der Waals surface area contributed by atoms with E-state index in [9.17, 15) is 19.1 Å². The molecule has 4 N–H and O–H groups in total. The summed E-state index contributed by atoms with van der Waals surface area (Å²) in [4.78, 5) is 26.6. The SMILES string of the molecule is CCCC(O)NC(=O)c1cc2cc(F)cc(NC)c2[nH]c1=O. The minimum Gasteiger partial charge on any atom is -0.386 e. The molecule has 1 unspecified atom stereocenters. The Balaban J connectivity index is 2.46. The van der Waals surface area contributed by atoms with Gasteiger partial charge in [-0.1, -0.05) is 13.3 Å². The van der Waals surface area contributed by atoms with Gasteiger partial charge in [0.25, 0.3) is 11.5 Å². The molecule has 1 aromatic heterocycles. The number of H-pyrrole nitrogens is 1. The predicted molar refractivity (Wildman–Crippen MR) is 82.5 cm³/mol. The van der Waals surface area contributed by atoms with E-state index in [0.717, 1.165) is 0 Å². The molecule has 0 saturated heterocycles. The zero-order valence-corrected chi connectivity index (χ0v) is 12.4. The van der Waals surface area contributed by atoms with Gasteiger partial charge in [0.15, 0.2) is 0 Å². The number of carbonyl (C=O) groups excluding carboxylic acids is 1. The summed E-state index contributed by atoms with van der Waals surface area (Å²) in [6.07, 6.45) is 0.0511. The van der Waals surface area contributed by atoms with E-state index >= 15 is 0 Å². The summed E-state index contributed by atoms with van der Waals surface area (Å²) in [6.45, 7) is 1.86. The van der Waals surface area contributed by atoms with Crippen LogP contribution in [0.4, 0.5) is 10.1 Å². The van der Waals surface area contributed by atoms with Gasteiger partial charge >= 0.3 is 0 Å². The van der Waals surface area contributed by atoms with Crippen LogP contribution < -0.4 is 16.2 Å². The van der Waals surface area contributed by atoms with Crippen LogP contribution in [0.3, 0.4) is 0 Å². The Kier molecular flexibility index (Phi) is 4.77. The first-order chi connectivity index (χ1) is 10.5. The lowest BCUT2D eigenvalue weighted by Crippen LogP contribution is -2.37. The summed E-state index contributed by atoms with van der Waals surface area (Å²) in [5.41, 5.74) is 0.0664. The van der Waals surface area contributed by atoms with Gasteiger partial charge in [-0.15, -0.1) is 0 Å². The molecule has 2 aromatic rings.